The maximum absolute atomic E-state index is 13.1. The Morgan fingerprint density at radius 1 is 1.00 bits per heavy atom. The minimum Gasteiger partial charge on any atom is -0.359 e. The highest BCUT2D eigenvalue weighted by atomic mass is 16.5. The van der Waals surface area contributed by atoms with E-state index in [1.165, 1.54) is 31.2 Å². The number of aryl methyl sites for hydroxylation is 1. The third-order valence-corrected chi connectivity index (χ3v) is 6.52. The molecule has 1 N–H and O–H groups in total. The van der Waals surface area contributed by atoms with Crippen molar-refractivity contribution >= 4 is 11.8 Å². The number of carbonyl (C=O) groups excluding carboxylic acids is 2. The highest BCUT2D eigenvalue weighted by Gasteiger charge is 2.21. The summed E-state index contributed by atoms with van der Waals surface area (Å²) in [7, 11) is 0. The first kappa shape index (κ1) is 23.7. The second-order valence-electron chi connectivity index (χ2n) is 9.27. The normalized spacial score (nSPS) is 13.7. The fourth-order valence-corrected chi connectivity index (χ4v) is 4.48. The van der Waals surface area contributed by atoms with E-state index in [0.29, 0.717) is 31.2 Å². The van der Waals surface area contributed by atoms with Crippen molar-refractivity contribution in [3.8, 4) is 0 Å². The van der Waals surface area contributed by atoms with Gasteiger partial charge in [-0.2, -0.15) is 0 Å². The Labute approximate surface area is 201 Å². The molecule has 34 heavy (non-hydrogen) atoms. The van der Waals surface area contributed by atoms with E-state index in [9.17, 15) is 9.59 Å². The van der Waals surface area contributed by atoms with Gasteiger partial charge in [0.15, 0.2) is 11.5 Å². The lowest BCUT2D eigenvalue weighted by Gasteiger charge is -2.22. The number of hydrogen-bond acceptors (Lipinski definition) is 4. The van der Waals surface area contributed by atoms with Gasteiger partial charge in [0.2, 0.25) is 5.91 Å². The molecule has 6 nitrogen and oxygen atoms in total. The molecule has 2 amide bonds. The Hall–Kier alpha value is -3.41. The van der Waals surface area contributed by atoms with Crippen molar-refractivity contribution in [3.05, 3.63) is 88.8 Å². The van der Waals surface area contributed by atoms with Gasteiger partial charge in [0.1, 0.15) is 0 Å². The molecule has 1 saturated carbocycles. The van der Waals surface area contributed by atoms with Crippen LogP contribution in [0.5, 0.6) is 0 Å². The summed E-state index contributed by atoms with van der Waals surface area (Å²) in [6.45, 7) is 3.23. The summed E-state index contributed by atoms with van der Waals surface area (Å²) in [4.78, 5) is 27.5. The van der Waals surface area contributed by atoms with Crippen LogP contribution in [0, 0.1) is 12.8 Å². The Bertz CT molecular complexity index is 1070. The van der Waals surface area contributed by atoms with Crippen LogP contribution in [0.15, 0.2) is 65.2 Å². The van der Waals surface area contributed by atoms with Crippen LogP contribution in [0.2, 0.25) is 0 Å². The zero-order valence-corrected chi connectivity index (χ0v) is 19.8. The quantitative estimate of drug-likeness (QED) is 0.440. The number of hydrogen-bond donors (Lipinski definition) is 1. The van der Waals surface area contributed by atoms with E-state index in [-0.39, 0.29) is 24.1 Å². The van der Waals surface area contributed by atoms with Gasteiger partial charge in [0.05, 0.1) is 6.54 Å². The summed E-state index contributed by atoms with van der Waals surface area (Å²) in [6.07, 6.45) is 6.49. The fourth-order valence-electron chi connectivity index (χ4n) is 4.48. The maximum Gasteiger partial charge on any atom is 0.273 e. The lowest BCUT2D eigenvalue weighted by Crippen LogP contribution is -2.30. The van der Waals surface area contributed by atoms with Crippen molar-refractivity contribution in [2.75, 3.05) is 0 Å². The molecular weight excluding hydrogens is 426 g/mol. The molecule has 0 radical (unpaired) electrons. The van der Waals surface area contributed by atoms with Gasteiger partial charge in [-0.05, 0) is 30.4 Å². The van der Waals surface area contributed by atoms with Gasteiger partial charge in [-0.3, -0.25) is 9.59 Å². The second-order valence-corrected chi connectivity index (χ2v) is 9.27. The third kappa shape index (κ3) is 6.80. The summed E-state index contributed by atoms with van der Waals surface area (Å²) in [5.74, 6) is 0.984. The first-order chi connectivity index (χ1) is 16.6. The number of nitrogens with one attached hydrogen (secondary N) is 1. The minimum absolute atomic E-state index is 0.109. The molecule has 4 rings (SSSR count). The lowest BCUT2D eigenvalue weighted by atomic mass is 10.0. The molecule has 1 aliphatic rings. The van der Waals surface area contributed by atoms with Crippen LogP contribution in [0.1, 0.15) is 71.5 Å². The van der Waals surface area contributed by atoms with Gasteiger partial charge in [-0.25, -0.2) is 0 Å². The van der Waals surface area contributed by atoms with E-state index >= 15 is 0 Å². The monoisotopic (exact) mass is 459 g/mol. The average Bonchev–Trinajstić information content (AvgIpc) is 3.55. The van der Waals surface area contributed by atoms with Gasteiger partial charge in [0.25, 0.3) is 5.91 Å². The standard InChI is InChI=1S/C28H33N3O3/c1-21-11-13-23(14-12-21)18-29-28(33)26-17-25(34-30-26)20-31(19-24-9-3-2-4-10-24)27(32)16-15-22-7-5-6-8-22/h2-4,9-14,17,22H,5-8,15-16,18-20H2,1H3,(H,29,33). The van der Waals surface area contributed by atoms with Crippen LogP contribution >= 0.6 is 0 Å². The van der Waals surface area contributed by atoms with Crippen molar-refractivity contribution in [1.29, 1.82) is 0 Å². The molecule has 1 fully saturated rings. The minimum atomic E-state index is -0.294. The van der Waals surface area contributed by atoms with Gasteiger partial charge >= 0.3 is 0 Å². The molecular formula is C28H33N3O3. The van der Waals surface area contributed by atoms with Crippen LogP contribution in [0.25, 0.3) is 0 Å². The number of amides is 2. The summed E-state index contributed by atoms with van der Waals surface area (Å²) in [6, 6.07) is 19.6. The van der Waals surface area contributed by atoms with Gasteiger partial charge in [-0.15, -0.1) is 0 Å². The molecule has 1 heterocycles. The smallest absolute Gasteiger partial charge is 0.273 e. The molecule has 0 spiro atoms. The summed E-state index contributed by atoms with van der Waals surface area (Å²) in [5, 5.41) is 6.82. The van der Waals surface area contributed by atoms with Crippen LogP contribution in [-0.4, -0.2) is 21.9 Å². The molecule has 0 bridgehead atoms. The van der Waals surface area contributed by atoms with E-state index < -0.39 is 0 Å². The van der Waals surface area contributed by atoms with E-state index in [4.69, 9.17) is 4.52 Å². The van der Waals surface area contributed by atoms with Gasteiger partial charge in [0, 0.05) is 25.6 Å². The summed E-state index contributed by atoms with van der Waals surface area (Å²) >= 11 is 0. The van der Waals surface area contributed by atoms with Crippen molar-refractivity contribution in [3.63, 3.8) is 0 Å². The van der Waals surface area contributed by atoms with Crippen molar-refractivity contribution in [1.82, 2.24) is 15.4 Å². The summed E-state index contributed by atoms with van der Waals surface area (Å²) in [5.41, 5.74) is 3.48. The molecule has 0 saturated heterocycles. The Morgan fingerprint density at radius 3 is 2.47 bits per heavy atom. The Kier molecular flexibility index (Phi) is 8.12. The Morgan fingerprint density at radius 2 is 1.74 bits per heavy atom. The molecule has 0 unspecified atom stereocenters. The molecule has 3 aromatic rings. The highest BCUT2D eigenvalue weighted by Crippen LogP contribution is 2.29. The number of nitrogens with zero attached hydrogens (tertiary/aromatic N) is 2. The second kappa shape index (κ2) is 11.6. The van der Waals surface area contributed by atoms with E-state index in [1.807, 2.05) is 61.5 Å². The van der Waals surface area contributed by atoms with Crippen molar-refractivity contribution < 1.29 is 14.1 Å². The molecule has 178 valence electrons. The van der Waals surface area contributed by atoms with Crippen LogP contribution in [0.4, 0.5) is 0 Å². The number of carbonyl (C=O) groups is 2. The van der Waals surface area contributed by atoms with Crippen LogP contribution in [0.3, 0.4) is 0 Å². The zero-order chi connectivity index (χ0) is 23.8. The largest absolute Gasteiger partial charge is 0.359 e. The van der Waals surface area contributed by atoms with E-state index in [0.717, 1.165) is 17.5 Å². The van der Waals surface area contributed by atoms with Crippen LogP contribution in [-0.2, 0) is 24.4 Å². The third-order valence-electron chi connectivity index (χ3n) is 6.52. The molecule has 0 aliphatic heterocycles. The first-order valence-electron chi connectivity index (χ1n) is 12.2. The predicted molar refractivity (Wildman–Crippen MR) is 131 cm³/mol. The van der Waals surface area contributed by atoms with Gasteiger partial charge < -0.3 is 14.7 Å². The van der Waals surface area contributed by atoms with Gasteiger partial charge in [-0.1, -0.05) is 91.0 Å². The topological polar surface area (TPSA) is 75.4 Å². The number of benzene rings is 2. The molecule has 1 aliphatic carbocycles. The Balaban J connectivity index is 1.37. The fraction of sp³-hybridized carbons (Fsp3) is 0.393. The van der Waals surface area contributed by atoms with Crippen molar-refractivity contribution in [2.45, 2.75) is 65.1 Å². The first-order valence-corrected chi connectivity index (χ1v) is 12.2. The number of rotatable bonds is 10. The van der Waals surface area contributed by atoms with Crippen molar-refractivity contribution in [2.24, 2.45) is 5.92 Å². The van der Waals surface area contributed by atoms with E-state index in [1.54, 1.807) is 11.0 Å². The summed E-state index contributed by atoms with van der Waals surface area (Å²) < 4.78 is 5.45. The molecule has 0 atom stereocenters. The number of aromatic nitrogens is 1. The molecule has 6 heteroatoms. The molecule has 2 aromatic carbocycles. The van der Waals surface area contributed by atoms with Crippen LogP contribution < -0.4 is 5.32 Å². The van der Waals surface area contributed by atoms with E-state index in [2.05, 4.69) is 10.5 Å². The maximum atomic E-state index is 13.1. The highest BCUT2D eigenvalue weighted by molar-refractivity contribution is 5.92. The predicted octanol–water partition coefficient (Wildman–Crippen LogP) is 5.41. The SMILES string of the molecule is Cc1ccc(CNC(=O)c2cc(CN(Cc3ccccc3)C(=O)CCC3CCCC3)on2)cc1. The molecule has 1 aromatic heterocycles. The zero-order valence-electron chi connectivity index (χ0n) is 19.8. The average molecular weight is 460 g/mol. The lowest BCUT2D eigenvalue weighted by molar-refractivity contribution is -0.133.